The highest BCUT2D eigenvalue weighted by atomic mass is 14.2. The van der Waals surface area contributed by atoms with Gasteiger partial charge in [-0.2, -0.15) is 0 Å². The zero-order valence-corrected chi connectivity index (χ0v) is 19.5. The van der Waals surface area contributed by atoms with E-state index < -0.39 is 0 Å². The van der Waals surface area contributed by atoms with E-state index >= 15 is 0 Å². The summed E-state index contributed by atoms with van der Waals surface area (Å²) in [7, 11) is 0. The highest BCUT2D eigenvalue weighted by Gasteiger charge is 2.17. The molecular weight excluding hydrogens is 432 g/mol. The molecule has 7 aromatic carbocycles. The van der Waals surface area contributed by atoms with E-state index in [1.54, 1.807) is 0 Å². The Kier molecular flexibility index (Phi) is 3.80. The number of hydrogen-bond acceptors (Lipinski definition) is 0. The minimum Gasteiger partial charge on any atom is -0.0622 e. The predicted molar refractivity (Wildman–Crippen MR) is 155 cm³/mol. The van der Waals surface area contributed by atoms with Crippen LogP contribution in [0.2, 0.25) is 0 Å². The smallest absolute Gasteiger partial charge is 0.0622 e. The van der Waals surface area contributed by atoms with Crippen LogP contribution in [0.25, 0.3) is 65.7 Å². The number of fused-ring (bicyclic) bond motifs is 3. The van der Waals surface area contributed by atoms with Gasteiger partial charge in [-0.05, 0) is 65.7 Å². The lowest BCUT2D eigenvalue weighted by molar-refractivity contribution is 1.61. The highest BCUT2D eigenvalue weighted by Crippen LogP contribution is 2.45. The van der Waals surface area contributed by atoms with E-state index in [0.717, 1.165) is 32.7 Å². The van der Waals surface area contributed by atoms with Crippen molar-refractivity contribution in [1.29, 1.82) is 0 Å². The summed E-state index contributed by atoms with van der Waals surface area (Å²) in [5, 5.41) is 6.99. The molecule has 0 aliphatic carbocycles. The summed E-state index contributed by atoms with van der Waals surface area (Å²) in [6.07, 6.45) is 0. The molecule has 0 spiro atoms. The van der Waals surface area contributed by atoms with Gasteiger partial charge < -0.3 is 0 Å². The van der Waals surface area contributed by atoms with Gasteiger partial charge in [-0.25, -0.2) is 0 Å². The molecule has 36 heavy (non-hydrogen) atoms. The maximum Gasteiger partial charge on any atom is 0.0629 e. The third-order valence-electron chi connectivity index (χ3n) is 6.95. The number of benzene rings is 7. The molecule has 0 amide bonds. The van der Waals surface area contributed by atoms with Crippen LogP contribution in [-0.4, -0.2) is 0 Å². The van der Waals surface area contributed by atoms with Gasteiger partial charge in [0.15, 0.2) is 0 Å². The zero-order valence-electron chi connectivity index (χ0n) is 24.5. The first-order valence-electron chi connectivity index (χ1n) is 14.5. The van der Waals surface area contributed by atoms with E-state index in [2.05, 4.69) is 91.0 Å². The molecule has 0 heterocycles. The van der Waals surface area contributed by atoms with Gasteiger partial charge in [-0.15, -0.1) is 0 Å². The van der Waals surface area contributed by atoms with Crippen LogP contribution in [0, 0.1) is 0 Å². The quantitative estimate of drug-likeness (QED) is 0.230. The normalized spacial score (nSPS) is 13.3. The molecule has 0 saturated carbocycles. The fraction of sp³-hybridized carbons (Fsp3) is 0. The van der Waals surface area contributed by atoms with Crippen LogP contribution in [-0.2, 0) is 0 Å². The average molecular weight is 462 g/mol. The second-order valence-electron chi connectivity index (χ2n) is 8.95. The van der Waals surface area contributed by atoms with Crippen molar-refractivity contribution in [3.8, 4) is 33.4 Å². The SMILES string of the molecule is [2H]c1c([2H])c([2H])c(-c2ccc(-c3c4ccccc4c(-c4cccc5ccccc45)c4ccccc34)cc2)c([2H])c1[2H]. The molecule has 168 valence electrons. The maximum absolute atomic E-state index is 8.40. The molecule has 0 atom stereocenters. The predicted octanol–water partition coefficient (Wildman–Crippen LogP) is 10.1. The zero-order chi connectivity index (χ0) is 28.2. The molecule has 0 heteroatoms. The van der Waals surface area contributed by atoms with Crippen LogP contribution < -0.4 is 0 Å². The Labute approximate surface area is 218 Å². The van der Waals surface area contributed by atoms with Gasteiger partial charge >= 0.3 is 0 Å². The Balaban J connectivity index is 1.50. The molecular formula is C36H24. The van der Waals surface area contributed by atoms with Crippen molar-refractivity contribution in [2.45, 2.75) is 0 Å². The molecule has 0 unspecified atom stereocenters. The summed E-state index contributed by atoms with van der Waals surface area (Å²) in [4.78, 5) is 0. The Morgan fingerprint density at radius 1 is 0.361 bits per heavy atom. The van der Waals surface area contributed by atoms with Gasteiger partial charge in [0, 0.05) is 0 Å². The van der Waals surface area contributed by atoms with Gasteiger partial charge in [0.25, 0.3) is 0 Å². The molecule has 7 aromatic rings. The molecule has 7 rings (SSSR count). The van der Waals surface area contributed by atoms with E-state index in [9.17, 15) is 0 Å². The fourth-order valence-corrected chi connectivity index (χ4v) is 5.37. The van der Waals surface area contributed by atoms with Crippen molar-refractivity contribution < 1.29 is 6.85 Å². The standard InChI is InChI=1S/C36H24/c1-2-11-25(12-3-1)26-21-23-28(24-22-26)35-31-16-6-8-18-33(31)36(34-19-9-7-17-32(34)35)30-20-10-14-27-13-4-5-15-29(27)30/h1-24H/i1D,2D,3D,11D,12D. The minimum absolute atomic E-state index is 0.195. The van der Waals surface area contributed by atoms with Crippen LogP contribution in [0.5, 0.6) is 0 Å². The lowest BCUT2D eigenvalue weighted by Crippen LogP contribution is -1.91. The van der Waals surface area contributed by atoms with E-state index in [4.69, 9.17) is 6.85 Å². The average Bonchev–Trinajstić information content (AvgIpc) is 3.02. The lowest BCUT2D eigenvalue weighted by Gasteiger charge is -2.19. The van der Waals surface area contributed by atoms with Crippen molar-refractivity contribution >= 4 is 32.3 Å². The summed E-state index contributed by atoms with van der Waals surface area (Å²) in [6, 6.07) is 38.2. The van der Waals surface area contributed by atoms with Gasteiger partial charge in [0.05, 0.1) is 6.85 Å². The van der Waals surface area contributed by atoms with Crippen molar-refractivity contribution in [1.82, 2.24) is 0 Å². The van der Waals surface area contributed by atoms with E-state index in [0.29, 0.717) is 5.56 Å². The molecule has 0 fully saturated rings. The Hall–Kier alpha value is -4.68. The van der Waals surface area contributed by atoms with Gasteiger partial charge in [0.1, 0.15) is 0 Å². The van der Waals surface area contributed by atoms with Crippen LogP contribution in [0.3, 0.4) is 0 Å². The van der Waals surface area contributed by atoms with Crippen LogP contribution in [0.4, 0.5) is 0 Å². The first-order chi connectivity index (χ1) is 20.0. The molecule has 0 bridgehead atoms. The van der Waals surface area contributed by atoms with Crippen LogP contribution in [0.1, 0.15) is 6.85 Å². The topological polar surface area (TPSA) is 0 Å². The highest BCUT2D eigenvalue weighted by molar-refractivity contribution is 6.23. The second-order valence-corrected chi connectivity index (χ2v) is 8.95. The van der Waals surface area contributed by atoms with Crippen molar-refractivity contribution in [3.05, 3.63) is 145 Å². The van der Waals surface area contributed by atoms with Gasteiger partial charge in [-0.3, -0.25) is 0 Å². The molecule has 0 radical (unpaired) electrons. The maximum atomic E-state index is 8.40. The molecule has 0 aromatic heterocycles. The molecule has 0 N–H and O–H groups in total. The summed E-state index contributed by atoms with van der Waals surface area (Å²) in [6.45, 7) is 0. The Morgan fingerprint density at radius 3 is 1.50 bits per heavy atom. The molecule has 0 aliphatic heterocycles. The molecule has 0 nitrogen and oxygen atoms in total. The summed E-state index contributed by atoms with van der Waals surface area (Å²) in [5.41, 5.74) is 5.30. The fourth-order valence-electron chi connectivity index (χ4n) is 5.37. The number of hydrogen-bond donors (Lipinski definition) is 0. The van der Waals surface area contributed by atoms with E-state index in [1.165, 1.54) is 21.9 Å². The molecule has 0 aliphatic rings. The lowest BCUT2D eigenvalue weighted by atomic mass is 9.84. The van der Waals surface area contributed by atoms with Crippen molar-refractivity contribution in [3.63, 3.8) is 0 Å². The van der Waals surface area contributed by atoms with E-state index in [1.807, 2.05) is 24.3 Å². The van der Waals surface area contributed by atoms with E-state index in [-0.39, 0.29) is 35.8 Å². The molecule has 0 saturated heterocycles. The van der Waals surface area contributed by atoms with Gasteiger partial charge in [0.2, 0.25) is 0 Å². The second kappa shape index (κ2) is 8.52. The summed E-state index contributed by atoms with van der Waals surface area (Å²) >= 11 is 0. The third kappa shape index (κ3) is 3.31. The largest absolute Gasteiger partial charge is 0.0629 e. The Bertz CT molecular complexity index is 2050. The third-order valence-corrected chi connectivity index (χ3v) is 6.95. The monoisotopic (exact) mass is 461 g/mol. The summed E-state index contributed by atoms with van der Waals surface area (Å²) < 4.78 is 40.9. The van der Waals surface area contributed by atoms with Crippen LogP contribution >= 0.6 is 0 Å². The first kappa shape index (κ1) is 16.1. The summed E-state index contributed by atoms with van der Waals surface area (Å²) in [5.74, 6) is 0. The van der Waals surface area contributed by atoms with Crippen molar-refractivity contribution in [2.75, 3.05) is 0 Å². The first-order valence-corrected chi connectivity index (χ1v) is 12.0. The van der Waals surface area contributed by atoms with Crippen LogP contribution in [0.15, 0.2) is 145 Å². The Morgan fingerprint density at radius 2 is 0.861 bits per heavy atom. The number of rotatable bonds is 3. The van der Waals surface area contributed by atoms with Gasteiger partial charge in [-0.1, -0.05) is 145 Å². The van der Waals surface area contributed by atoms with Crippen molar-refractivity contribution in [2.24, 2.45) is 0 Å². The minimum atomic E-state index is -0.385.